The summed E-state index contributed by atoms with van der Waals surface area (Å²) in [7, 11) is 0. The predicted molar refractivity (Wildman–Crippen MR) is 118 cm³/mol. The largest absolute Gasteiger partial charge is 0.508 e. The Labute approximate surface area is 179 Å². The first-order chi connectivity index (χ1) is 15.0. The molecular weight excluding hydrogens is 390 g/mol. The number of carbonyl (C=O) groups excluding carboxylic acids is 1. The van der Waals surface area contributed by atoms with Gasteiger partial charge in [-0.3, -0.25) is 9.59 Å². The van der Waals surface area contributed by atoms with Crippen LogP contribution >= 0.6 is 0 Å². The summed E-state index contributed by atoms with van der Waals surface area (Å²) in [4.78, 5) is 28.6. The molecule has 5 heteroatoms. The molecule has 4 aromatic rings. The summed E-state index contributed by atoms with van der Waals surface area (Å²) in [6, 6.07) is 21.4. The van der Waals surface area contributed by atoms with E-state index in [4.69, 9.17) is 4.42 Å². The minimum Gasteiger partial charge on any atom is -0.508 e. The van der Waals surface area contributed by atoms with E-state index in [2.05, 4.69) is 0 Å². The number of rotatable bonds is 4. The van der Waals surface area contributed by atoms with Crippen molar-refractivity contribution in [3.63, 3.8) is 0 Å². The molecule has 1 aliphatic heterocycles. The van der Waals surface area contributed by atoms with Gasteiger partial charge in [-0.15, -0.1) is 0 Å². The molecule has 0 fully saturated rings. The van der Waals surface area contributed by atoms with E-state index in [1.54, 1.807) is 35.2 Å². The third-order valence-corrected chi connectivity index (χ3v) is 5.79. The van der Waals surface area contributed by atoms with Gasteiger partial charge in [0.25, 0.3) is 5.91 Å². The van der Waals surface area contributed by atoms with Crippen LogP contribution in [0.15, 0.2) is 82.0 Å². The van der Waals surface area contributed by atoms with Gasteiger partial charge >= 0.3 is 0 Å². The Bertz CT molecular complexity index is 1360. The SMILES string of the molecule is Cc1ccc2oc3c(c(=O)c2c1)C(c1cccc(O)c1)N(CCc1ccccc1)C3=O. The zero-order valence-corrected chi connectivity index (χ0v) is 17.0. The van der Waals surface area contributed by atoms with Crippen LogP contribution in [0, 0.1) is 6.92 Å². The molecule has 154 valence electrons. The third kappa shape index (κ3) is 3.28. The number of phenolic OH excluding ortho intramolecular Hbond substituents is 1. The summed E-state index contributed by atoms with van der Waals surface area (Å²) in [6.07, 6.45) is 0.642. The van der Waals surface area contributed by atoms with E-state index in [0.29, 0.717) is 35.1 Å². The van der Waals surface area contributed by atoms with Crippen molar-refractivity contribution in [1.29, 1.82) is 0 Å². The summed E-state index contributed by atoms with van der Waals surface area (Å²) >= 11 is 0. The van der Waals surface area contributed by atoms with Gasteiger partial charge in [0.1, 0.15) is 11.3 Å². The van der Waals surface area contributed by atoms with Gasteiger partial charge in [0.05, 0.1) is 17.0 Å². The molecule has 1 aromatic heterocycles. The number of benzene rings is 3. The number of hydrogen-bond acceptors (Lipinski definition) is 4. The van der Waals surface area contributed by atoms with E-state index in [1.165, 1.54) is 0 Å². The van der Waals surface area contributed by atoms with E-state index >= 15 is 0 Å². The normalized spacial score (nSPS) is 15.5. The monoisotopic (exact) mass is 411 g/mol. The van der Waals surface area contributed by atoms with Crippen LogP contribution < -0.4 is 5.43 Å². The maximum atomic E-state index is 13.5. The number of phenols is 1. The lowest BCUT2D eigenvalue weighted by molar-refractivity contribution is 0.0730. The molecule has 1 unspecified atom stereocenters. The van der Waals surface area contributed by atoms with E-state index < -0.39 is 6.04 Å². The molecule has 1 aliphatic rings. The number of hydrogen-bond donors (Lipinski definition) is 1. The van der Waals surface area contributed by atoms with Gasteiger partial charge in [-0.05, 0) is 48.7 Å². The Morgan fingerprint density at radius 2 is 1.77 bits per heavy atom. The maximum Gasteiger partial charge on any atom is 0.290 e. The molecule has 31 heavy (non-hydrogen) atoms. The van der Waals surface area contributed by atoms with Gasteiger partial charge in [0, 0.05) is 6.54 Å². The molecule has 0 saturated carbocycles. The van der Waals surface area contributed by atoms with E-state index in [-0.39, 0.29) is 22.8 Å². The van der Waals surface area contributed by atoms with Crippen LogP contribution in [-0.4, -0.2) is 22.5 Å². The second kappa shape index (κ2) is 7.43. The topological polar surface area (TPSA) is 70.8 Å². The highest BCUT2D eigenvalue weighted by atomic mass is 16.3. The van der Waals surface area contributed by atoms with Gasteiger partial charge in [0.15, 0.2) is 5.43 Å². The summed E-state index contributed by atoms with van der Waals surface area (Å²) in [5, 5.41) is 10.5. The van der Waals surface area contributed by atoms with E-state index in [1.807, 2.05) is 49.4 Å². The van der Waals surface area contributed by atoms with Gasteiger partial charge in [-0.1, -0.05) is 54.1 Å². The Balaban J connectivity index is 1.67. The van der Waals surface area contributed by atoms with Crippen molar-refractivity contribution >= 4 is 16.9 Å². The van der Waals surface area contributed by atoms with Crippen molar-refractivity contribution in [1.82, 2.24) is 4.90 Å². The number of amides is 1. The first-order valence-electron chi connectivity index (χ1n) is 10.2. The van der Waals surface area contributed by atoms with E-state index in [9.17, 15) is 14.7 Å². The summed E-state index contributed by atoms with van der Waals surface area (Å²) in [5.74, 6) is -0.135. The first-order valence-corrected chi connectivity index (χ1v) is 10.2. The standard InChI is InChI=1S/C26H21NO4/c1-16-10-11-21-20(14-16)24(29)22-23(18-8-5-9-19(28)15-18)27(26(30)25(22)31-21)13-12-17-6-3-2-4-7-17/h2-11,14-15,23,28H,12-13H2,1H3. The number of carbonyl (C=O) groups is 1. The molecule has 2 heterocycles. The Kier molecular flexibility index (Phi) is 4.59. The molecule has 1 atom stereocenters. The average molecular weight is 411 g/mol. The first kappa shape index (κ1) is 19.1. The lowest BCUT2D eigenvalue weighted by Gasteiger charge is -2.25. The second-order valence-electron chi connectivity index (χ2n) is 7.91. The molecule has 5 nitrogen and oxygen atoms in total. The van der Waals surface area contributed by atoms with Gasteiger partial charge < -0.3 is 14.4 Å². The molecule has 0 saturated heterocycles. The van der Waals surface area contributed by atoms with Crippen molar-refractivity contribution in [2.45, 2.75) is 19.4 Å². The Morgan fingerprint density at radius 1 is 0.968 bits per heavy atom. The highest BCUT2D eigenvalue weighted by Gasteiger charge is 2.42. The van der Waals surface area contributed by atoms with Crippen LogP contribution in [0.3, 0.4) is 0 Å². The molecule has 1 amide bonds. The van der Waals surface area contributed by atoms with Crippen LogP contribution in [-0.2, 0) is 6.42 Å². The van der Waals surface area contributed by atoms with Crippen molar-refractivity contribution in [3.8, 4) is 5.75 Å². The zero-order valence-electron chi connectivity index (χ0n) is 17.0. The maximum absolute atomic E-state index is 13.5. The fourth-order valence-corrected chi connectivity index (χ4v) is 4.30. The van der Waals surface area contributed by atoms with Crippen LogP contribution in [0.5, 0.6) is 5.75 Å². The minimum atomic E-state index is -0.612. The lowest BCUT2D eigenvalue weighted by atomic mass is 9.97. The van der Waals surface area contributed by atoms with Crippen LogP contribution in [0.4, 0.5) is 0 Å². The molecule has 3 aromatic carbocycles. The smallest absolute Gasteiger partial charge is 0.290 e. The summed E-state index contributed by atoms with van der Waals surface area (Å²) < 4.78 is 5.96. The third-order valence-electron chi connectivity index (χ3n) is 5.79. The molecule has 0 aliphatic carbocycles. The van der Waals surface area contributed by atoms with Crippen LogP contribution in [0.1, 0.15) is 38.9 Å². The number of aryl methyl sites for hydroxylation is 1. The lowest BCUT2D eigenvalue weighted by Crippen LogP contribution is -2.31. The Hall–Kier alpha value is -3.86. The average Bonchev–Trinajstić information content (AvgIpc) is 3.05. The molecular formula is C26H21NO4. The highest BCUT2D eigenvalue weighted by molar-refractivity contribution is 5.99. The number of aromatic hydroxyl groups is 1. The fraction of sp³-hybridized carbons (Fsp3) is 0.154. The Morgan fingerprint density at radius 3 is 2.55 bits per heavy atom. The van der Waals surface area contributed by atoms with Crippen LogP contribution in [0.25, 0.3) is 11.0 Å². The number of fused-ring (bicyclic) bond motifs is 2. The summed E-state index contributed by atoms with van der Waals surface area (Å²) in [5.41, 5.74) is 3.26. The van der Waals surface area contributed by atoms with Crippen LogP contribution in [0.2, 0.25) is 0 Å². The molecule has 0 spiro atoms. The van der Waals surface area contributed by atoms with Gasteiger partial charge in [0.2, 0.25) is 5.76 Å². The van der Waals surface area contributed by atoms with Gasteiger partial charge in [-0.25, -0.2) is 0 Å². The molecule has 0 radical (unpaired) electrons. The molecule has 0 bridgehead atoms. The second-order valence-corrected chi connectivity index (χ2v) is 7.91. The fourth-order valence-electron chi connectivity index (χ4n) is 4.30. The highest BCUT2D eigenvalue weighted by Crippen LogP contribution is 2.39. The van der Waals surface area contributed by atoms with Crippen molar-refractivity contribution in [2.24, 2.45) is 0 Å². The van der Waals surface area contributed by atoms with E-state index in [0.717, 1.165) is 11.1 Å². The minimum absolute atomic E-state index is 0.0856. The van der Waals surface area contributed by atoms with Crippen molar-refractivity contribution < 1.29 is 14.3 Å². The predicted octanol–water partition coefficient (Wildman–Crippen LogP) is 4.59. The number of nitrogens with zero attached hydrogens (tertiary/aromatic N) is 1. The summed E-state index contributed by atoms with van der Waals surface area (Å²) in [6.45, 7) is 2.33. The van der Waals surface area contributed by atoms with Crippen molar-refractivity contribution in [3.05, 3.63) is 111 Å². The quantitative estimate of drug-likeness (QED) is 0.533. The molecule has 5 rings (SSSR count). The zero-order chi connectivity index (χ0) is 21.5. The van der Waals surface area contributed by atoms with Gasteiger partial charge in [-0.2, -0.15) is 0 Å². The van der Waals surface area contributed by atoms with Crippen molar-refractivity contribution in [2.75, 3.05) is 6.54 Å². The molecule has 1 N–H and O–H groups in total.